The van der Waals surface area contributed by atoms with Crippen molar-refractivity contribution in [3.8, 4) is 11.5 Å². The van der Waals surface area contributed by atoms with Gasteiger partial charge in [0.2, 0.25) is 5.89 Å². The summed E-state index contributed by atoms with van der Waals surface area (Å²) in [6, 6.07) is 12.4. The number of aromatic nitrogens is 1. The van der Waals surface area contributed by atoms with Gasteiger partial charge in [-0.3, -0.25) is 0 Å². The molecular weight excluding hydrogens is 452 g/mol. The summed E-state index contributed by atoms with van der Waals surface area (Å²) in [6.07, 6.45) is 1.33. The second-order valence-corrected chi connectivity index (χ2v) is 11.3. The van der Waals surface area contributed by atoms with Gasteiger partial charge in [0.05, 0.1) is 17.6 Å². The monoisotopic (exact) mass is 484 g/mol. The van der Waals surface area contributed by atoms with Crippen molar-refractivity contribution < 1.29 is 22.4 Å². The Morgan fingerprint density at radius 2 is 1.76 bits per heavy atom. The van der Waals surface area contributed by atoms with Gasteiger partial charge < -0.3 is 9.15 Å². The lowest BCUT2D eigenvalue weighted by Gasteiger charge is -2.21. The van der Waals surface area contributed by atoms with Crippen molar-refractivity contribution in [2.45, 2.75) is 57.8 Å². The second-order valence-electron chi connectivity index (χ2n) is 9.40. The van der Waals surface area contributed by atoms with E-state index >= 15 is 0 Å². The van der Waals surface area contributed by atoms with E-state index in [1.165, 1.54) is 31.1 Å². The molecule has 0 radical (unpaired) electrons. The molecule has 1 heterocycles. The van der Waals surface area contributed by atoms with Crippen molar-refractivity contribution in [3.63, 3.8) is 0 Å². The number of rotatable bonds is 7. The molecule has 0 aliphatic carbocycles. The predicted molar refractivity (Wildman–Crippen MR) is 133 cm³/mol. The minimum atomic E-state index is -4.00. The summed E-state index contributed by atoms with van der Waals surface area (Å²) in [5.74, 6) is -0.0541. The molecule has 34 heavy (non-hydrogen) atoms. The van der Waals surface area contributed by atoms with E-state index in [4.69, 9.17) is 9.15 Å². The highest BCUT2D eigenvalue weighted by atomic mass is 32.2. The molecule has 0 amide bonds. The van der Waals surface area contributed by atoms with Gasteiger partial charge in [0.1, 0.15) is 6.26 Å². The molecule has 0 spiro atoms. The van der Waals surface area contributed by atoms with Gasteiger partial charge in [-0.05, 0) is 53.6 Å². The number of benzene rings is 2. The number of carbonyl (C=O) groups is 1. The zero-order valence-corrected chi connectivity index (χ0v) is 21.6. The minimum absolute atomic E-state index is 0.0154. The quantitative estimate of drug-likeness (QED) is 0.396. The Balaban J connectivity index is 1.98. The van der Waals surface area contributed by atoms with Gasteiger partial charge in [0.15, 0.2) is 5.82 Å². The molecular formula is C26H32N2O5S. The van der Waals surface area contributed by atoms with Gasteiger partial charge in [-0.25, -0.2) is 17.5 Å². The molecule has 0 saturated carbocycles. The van der Waals surface area contributed by atoms with E-state index < -0.39 is 16.0 Å². The Bertz CT molecular complexity index is 1270. The number of hydrogen-bond acceptors (Lipinski definition) is 6. The van der Waals surface area contributed by atoms with Crippen LogP contribution < -0.4 is 4.31 Å². The molecule has 0 N–H and O–H groups in total. The summed E-state index contributed by atoms with van der Waals surface area (Å²) < 4.78 is 38.7. The molecule has 0 aliphatic rings. The molecule has 0 saturated heterocycles. The van der Waals surface area contributed by atoms with Crippen molar-refractivity contribution in [2.24, 2.45) is 0 Å². The van der Waals surface area contributed by atoms with E-state index in [1.54, 1.807) is 13.0 Å². The van der Waals surface area contributed by atoms with Crippen LogP contribution in [0.5, 0.6) is 0 Å². The largest absolute Gasteiger partial charge is 0.465 e. The van der Waals surface area contributed by atoms with Gasteiger partial charge in [0, 0.05) is 12.1 Å². The van der Waals surface area contributed by atoms with Gasteiger partial charge in [-0.2, -0.15) is 4.98 Å². The number of ether oxygens (including phenoxy) is 1. The standard InChI is InChI=1S/C26H32N2O5S/c1-8-28(23-16-33-24(27-23)18-9-11-19(12-10-18)26(4,5)6)34(30,31)20-13-14-21(17(2)3)22(15-20)25(29)32-7/h9-17H,8H2,1-7H3. The maximum absolute atomic E-state index is 13.5. The van der Waals surface area contributed by atoms with E-state index in [2.05, 4.69) is 25.8 Å². The fourth-order valence-corrected chi connectivity index (χ4v) is 5.12. The Labute approximate surface area is 201 Å². The van der Waals surface area contributed by atoms with E-state index in [1.807, 2.05) is 38.1 Å². The van der Waals surface area contributed by atoms with E-state index in [0.717, 1.165) is 15.4 Å². The first-order valence-electron chi connectivity index (χ1n) is 11.2. The highest BCUT2D eigenvalue weighted by Gasteiger charge is 2.28. The molecule has 182 valence electrons. The predicted octanol–water partition coefficient (Wildman–Crippen LogP) is 5.76. The number of nitrogens with zero attached hydrogens (tertiary/aromatic N) is 2. The summed E-state index contributed by atoms with van der Waals surface area (Å²) in [5, 5.41) is 0. The Morgan fingerprint density at radius 3 is 2.29 bits per heavy atom. The smallest absolute Gasteiger partial charge is 0.338 e. The van der Waals surface area contributed by atoms with Crippen molar-refractivity contribution >= 4 is 21.8 Å². The van der Waals surface area contributed by atoms with Crippen LogP contribution in [0.15, 0.2) is 58.0 Å². The van der Waals surface area contributed by atoms with E-state index in [9.17, 15) is 13.2 Å². The van der Waals surface area contributed by atoms with E-state index in [0.29, 0.717) is 5.89 Å². The number of hydrogen-bond donors (Lipinski definition) is 0. The van der Waals surface area contributed by atoms with Crippen LogP contribution >= 0.6 is 0 Å². The summed E-state index contributed by atoms with van der Waals surface area (Å²) in [5.41, 5.74) is 2.89. The first kappa shape index (κ1) is 25.5. The molecule has 3 rings (SSSR count). The Kier molecular flexibility index (Phi) is 7.21. The summed E-state index contributed by atoms with van der Waals surface area (Å²) in [4.78, 5) is 16.7. The summed E-state index contributed by atoms with van der Waals surface area (Å²) in [6.45, 7) is 12.1. The summed E-state index contributed by atoms with van der Waals surface area (Å²) in [7, 11) is -2.73. The molecule has 3 aromatic rings. The number of sulfonamides is 1. The van der Waals surface area contributed by atoms with Crippen LogP contribution in [0.3, 0.4) is 0 Å². The molecule has 0 aliphatic heterocycles. The molecule has 1 aromatic heterocycles. The second kappa shape index (κ2) is 9.62. The molecule has 0 atom stereocenters. The molecule has 0 unspecified atom stereocenters. The lowest BCUT2D eigenvalue weighted by atomic mass is 9.87. The lowest BCUT2D eigenvalue weighted by Crippen LogP contribution is -2.31. The minimum Gasteiger partial charge on any atom is -0.465 e. The topological polar surface area (TPSA) is 89.7 Å². The average molecular weight is 485 g/mol. The number of esters is 1. The number of methoxy groups -OCH3 is 1. The maximum Gasteiger partial charge on any atom is 0.338 e. The van der Waals surface area contributed by atoms with Gasteiger partial charge >= 0.3 is 5.97 Å². The van der Waals surface area contributed by atoms with Gasteiger partial charge in [0.25, 0.3) is 10.0 Å². The highest BCUT2D eigenvalue weighted by Crippen LogP contribution is 2.31. The Morgan fingerprint density at radius 1 is 1.12 bits per heavy atom. The molecule has 8 heteroatoms. The lowest BCUT2D eigenvalue weighted by molar-refractivity contribution is 0.0598. The summed E-state index contributed by atoms with van der Waals surface area (Å²) >= 11 is 0. The molecule has 2 aromatic carbocycles. The zero-order valence-electron chi connectivity index (χ0n) is 20.7. The Hall–Kier alpha value is -3.13. The van der Waals surface area contributed by atoms with E-state index in [-0.39, 0.29) is 34.2 Å². The van der Waals surface area contributed by atoms with Crippen molar-refractivity contribution in [1.29, 1.82) is 0 Å². The van der Waals surface area contributed by atoms with Crippen LogP contribution in [-0.2, 0) is 20.2 Å². The van der Waals surface area contributed by atoms with Crippen LogP contribution in [0.2, 0.25) is 0 Å². The third-order valence-corrected chi connectivity index (χ3v) is 7.55. The molecule has 0 fully saturated rings. The van der Waals surface area contributed by atoms with Crippen LogP contribution in [0.4, 0.5) is 5.82 Å². The van der Waals surface area contributed by atoms with Crippen LogP contribution in [0.1, 0.15) is 68.9 Å². The third kappa shape index (κ3) is 5.01. The first-order valence-corrected chi connectivity index (χ1v) is 12.7. The fraction of sp³-hybridized carbons (Fsp3) is 0.385. The van der Waals surface area contributed by atoms with Crippen molar-refractivity contribution in [2.75, 3.05) is 18.0 Å². The molecule has 0 bridgehead atoms. The zero-order chi connectivity index (χ0) is 25.3. The third-order valence-electron chi connectivity index (χ3n) is 5.67. The van der Waals surface area contributed by atoms with Crippen molar-refractivity contribution in [3.05, 3.63) is 65.4 Å². The van der Waals surface area contributed by atoms with Crippen LogP contribution in [-0.4, -0.2) is 33.0 Å². The average Bonchev–Trinajstić information content (AvgIpc) is 3.27. The maximum atomic E-state index is 13.5. The number of carbonyl (C=O) groups excluding carboxylic acids is 1. The van der Waals surface area contributed by atoms with Gasteiger partial charge in [-0.15, -0.1) is 0 Å². The van der Waals surface area contributed by atoms with Crippen molar-refractivity contribution in [1.82, 2.24) is 4.98 Å². The fourth-order valence-electron chi connectivity index (χ4n) is 3.69. The van der Waals surface area contributed by atoms with Gasteiger partial charge in [-0.1, -0.05) is 52.8 Å². The van der Waals surface area contributed by atoms with Crippen LogP contribution in [0, 0.1) is 0 Å². The number of oxazole rings is 1. The highest BCUT2D eigenvalue weighted by molar-refractivity contribution is 7.92. The first-order chi connectivity index (χ1) is 15.9. The normalized spacial score (nSPS) is 12.1. The SMILES string of the molecule is CCN(c1coc(-c2ccc(C(C)(C)C)cc2)n1)S(=O)(=O)c1ccc(C(C)C)c(C(=O)OC)c1. The van der Waals surface area contributed by atoms with Crippen LogP contribution in [0.25, 0.3) is 11.5 Å². The number of anilines is 1. The molecule has 7 nitrogen and oxygen atoms in total.